The lowest BCUT2D eigenvalue weighted by Gasteiger charge is -2.33. The zero-order valence-corrected chi connectivity index (χ0v) is 14.5. The Hall–Kier alpha value is -0.540. The molecule has 1 fully saturated rings. The summed E-state index contributed by atoms with van der Waals surface area (Å²) >= 11 is 3.61. The highest BCUT2D eigenvalue weighted by Gasteiger charge is 2.21. The maximum atomic E-state index is 3.61. The van der Waals surface area contributed by atoms with Gasteiger partial charge >= 0.3 is 0 Å². The van der Waals surface area contributed by atoms with E-state index in [1.165, 1.54) is 48.0 Å². The summed E-state index contributed by atoms with van der Waals surface area (Å²) in [4.78, 5) is 2.44. The summed E-state index contributed by atoms with van der Waals surface area (Å²) in [5.74, 6) is 0.899. The largest absolute Gasteiger partial charge is 0.374 e. The van der Waals surface area contributed by atoms with Gasteiger partial charge in [0.25, 0.3) is 0 Å². The molecule has 3 heteroatoms. The van der Waals surface area contributed by atoms with Gasteiger partial charge in [-0.3, -0.25) is 0 Å². The van der Waals surface area contributed by atoms with Crippen molar-refractivity contribution in [3.63, 3.8) is 0 Å². The maximum absolute atomic E-state index is 3.61. The van der Waals surface area contributed by atoms with Crippen LogP contribution in [0.15, 0.2) is 22.7 Å². The molecule has 2 nitrogen and oxygen atoms in total. The number of hydrogen-bond acceptors (Lipinski definition) is 2. The molecule has 0 spiro atoms. The van der Waals surface area contributed by atoms with E-state index in [0.29, 0.717) is 6.04 Å². The number of nitrogens with zero attached hydrogens (tertiary/aromatic N) is 1. The number of hydrogen-bond donors (Lipinski definition) is 1. The van der Waals surface area contributed by atoms with Crippen LogP contribution >= 0.6 is 15.9 Å². The van der Waals surface area contributed by atoms with Crippen molar-refractivity contribution in [2.75, 3.05) is 25.0 Å². The van der Waals surface area contributed by atoms with Gasteiger partial charge < -0.3 is 10.2 Å². The molecule has 112 valence electrons. The topological polar surface area (TPSA) is 15.3 Å². The molecule has 1 aromatic carbocycles. The van der Waals surface area contributed by atoms with Crippen LogP contribution in [0.25, 0.3) is 0 Å². The fourth-order valence-electron chi connectivity index (χ4n) is 2.85. The minimum absolute atomic E-state index is 0.395. The van der Waals surface area contributed by atoms with Gasteiger partial charge in [-0.1, -0.05) is 29.3 Å². The van der Waals surface area contributed by atoms with Gasteiger partial charge in [0.05, 0.1) is 0 Å². The van der Waals surface area contributed by atoms with Crippen LogP contribution in [0.4, 0.5) is 5.69 Å². The number of nitrogens with one attached hydrogen (secondary N) is 1. The normalized spacial score (nSPS) is 16.8. The summed E-state index contributed by atoms with van der Waals surface area (Å²) in [5, 5.41) is 3.60. The molecule has 0 aliphatic heterocycles. The molecule has 0 radical (unpaired) electrons. The minimum atomic E-state index is 0.395. The van der Waals surface area contributed by atoms with Crippen molar-refractivity contribution in [1.29, 1.82) is 0 Å². The predicted octanol–water partition coefficient (Wildman–Crippen LogP) is 4.75. The zero-order chi connectivity index (χ0) is 14.5. The Labute approximate surface area is 132 Å². The molecular formula is C17H27BrN2. The number of anilines is 1. The van der Waals surface area contributed by atoms with Crippen LogP contribution in [-0.2, 0) is 0 Å². The van der Waals surface area contributed by atoms with E-state index in [0.717, 1.165) is 12.5 Å². The van der Waals surface area contributed by atoms with Crippen LogP contribution in [-0.4, -0.2) is 20.1 Å². The quantitative estimate of drug-likeness (QED) is 0.771. The van der Waals surface area contributed by atoms with Crippen LogP contribution < -0.4 is 10.2 Å². The van der Waals surface area contributed by atoms with Gasteiger partial charge in [-0.05, 0) is 62.4 Å². The first-order valence-corrected chi connectivity index (χ1v) is 8.65. The average Bonchev–Trinajstić information content (AvgIpc) is 2.39. The van der Waals surface area contributed by atoms with Crippen LogP contribution in [0.3, 0.4) is 0 Å². The summed E-state index contributed by atoms with van der Waals surface area (Å²) in [7, 11) is 2.23. The Kier molecular flexibility index (Phi) is 5.91. The summed E-state index contributed by atoms with van der Waals surface area (Å²) in [6.45, 7) is 6.73. The maximum Gasteiger partial charge on any atom is 0.0412 e. The van der Waals surface area contributed by atoms with Crippen molar-refractivity contribution >= 4 is 21.6 Å². The molecular weight excluding hydrogens is 312 g/mol. The van der Waals surface area contributed by atoms with Gasteiger partial charge in [0.15, 0.2) is 0 Å². The Morgan fingerprint density at radius 3 is 2.75 bits per heavy atom. The fraction of sp³-hybridized carbons (Fsp3) is 0.647. The molecule has 0 heterocycles. The Morgan fingerprint density at radius 2 is 2.15 bits per heavy atom. The molecule has 1 aliphatic rings. The molecule has 1 saturated carbocycles. The number of rotatable bonds is 7. The summed E-state index contributed by atoms with van der Waals surface area (Å²) in [6, 6.07) is 7.07. The van der Waals surface area contributed by atoms with Gasteiger partial charge in [0, 0.05) is 29.8 Å². The van der Waals surface area contributed by atoms with Crippen LogP contribution in [0.5, 0.6) is 0 Å². The summed E-state index contributed by atoms with van der Waals surface area (Å²) in [6.07, 6.45) is 5.39. The third-order valence-corrected chi connectivity index (χ3v) is 4.82. The van der Waals surface area contributed by atoms with Crippen molar-refractivity contribution in [3.8, 4) is 0 Å². The average molecular weight is 339 g/mol. The van der Waals surface area contributed by atoms with Crippen molar-refractivity contribution in [3.05, 3.63) is 28.2 Å². The van der Waals surface area contributed by atoms with E-state index in [2.05, 4.69) is 65.2 Å². The van der Waals surface area contributed by atoms with E-state index < -0.39 is 0 Å². The zero-order valence-electron chi connectivity index (χ0n) is 13.0. The standard InChI is InChI=1S/C17H27BrN2/c1-4-10-19-13(2)16-11-15(18)8-9-17(16)20(3)12-14-6-5-7-14/h8-9,11,13-14,19H,4-7,10,12H2,1-3H3. The molecule has 20 heavy (non-hydrogen) atoms. The lowest BCUT2D eigenvalue weighted by atomic mass is 9.85. The van der Waals surface area contributed by atoms with E-state index in [1.807, 2.05) is 0 Å². The summed E-state index contributed by atoms with van der Waals surface area (Å²) in [5.41, 5.74) is 2.77. The third kappa shape index (κ3) is 3.98. The van der Waals surface area contributed by atoms with E-state index in [4.69, 9.17) is 0 Å². The van der Waals surface area contributed by atoms with Crippen molar-refractivity contribution in [2.45, 2.75) is 45.6 Å². The second-order valence-electron chi connectivity index (χ2n) is 6.06. The molecule has 1 atom stereocenters. The predicted molar refractivity (Wildman–Crippen MR) is 91.5 cm³/mol. The lowest BCUT2D eigenvalue weighted by molar-refractivity contribution is 0.321. The molecule has 2 rings (SSSR count). The number of halogens is 1. The van der Waals surface area contributed by atoms with Crippen LogP contribution in [0.2, 0.25) is 0 Å². The van der Waals surface area contributed by atoms with Gasteiger partial charge in [-0.15, -0.1) is 0 Å². The van der Waals surface area contributed by atoms with Gasteiger partial charge in [-0.25, -0.2) is 0 Å². The monoisotopic (exact) mass is 338 g/mol. The van der Waals surface area contributed by atoms with E-state index in [-0.39, 0.29) is 0 Å². The first kappa shape index (κ1) is 15.8. The lowest BCUT2D eigenvalue weighted by Crippen LogP contribution is -2.31. The fourth-order valence-corrected chi connectivity index (χ4v) is 3.23. The van der Waals surface area contributed by atoms with E-state index >= 15 is 0 Å². The first-order valence-electron chi connectivity index (χ1n) is 7.85. The Balaban J connectivity index is 2.13. The highest BCUT2D eigenvalue weighted by atomic mass is 79.9. The summed E-state index contributed by atoms with van der Waals surface area (Å²) < 4.78 is 1.17. The molecule has 1 N–H and O–H groups in total. The highest BCUT2D eigenvalue weighted by molar-refractivity contribution is 9.10. The molecule has 1 aromatic rings. The second-order valence-corrected chi connectivity index (χ2v) is 6.97. The van der Waals surface area contributed by atoms with Crippen LogP contribution in [0.1, 0.15) is 51.1 Å². The first-order chi connectivity index (χ1) is 9.61. The Morgan fingerprint density at radius 1 is 1.40 bits per heavy atom. The number of benzene rings is 1. The van der Waals surface area contributed by atoms with Gasteiger partial charge in [-0.2, -0.15) is 0 Å². The van der Waals surface area contributed by atoms with E-state index in [1.54, 1.807) is 0 Å². The van der Waals surface area contributed by atoms with Crippen LogP contribution in [0, 0.1) is 5.92 Å². The van der Waals surface area contributed by atoms with Gasteiger partial charge in [0.1, 0.15) is 0 Å². The minimum Gasteiger partial charge on any atom is -0.374 e. The molecule has 0 amide bonds. The molecule has 0 bridgehead atoms. The molecule has 1 aliphatic carbocycles. The molecule has 0 saturated heterocycles. The second kappa shape index (κ2) is 7.46. The molecule has 1 unspecified atom stereocenters. The van der Waals surface area contributed by atoms with E-state index in [9.17, 15) is 0 Å². The highest BCUT2D eigenvalue weighted by Crippen LogP contribution is 2.32. The Bertz CT molecular complexity index is 429. The SMILES string of the molecule is CCCNC(C)c1cc(Br)ccc1N(C)CC1CCC1. The molecule has 0 aromatic heterocycles. The van der Waals surface area contributed by atoms with Gasteiger partial charge in [0.2, 0.25) is 0 Å². The van der Waals surface area contributed by atoms with Crippen molar-refractivity contribution in [2.24, 2.45) is 5.92 Å². The van der Waals surface area contributed by atoms with Crippen molar-refractivity contribution in [1.82, 2.24) is 5.32 Å². The van der Waals surface area contributed by atoms with Crippen molar-refractivity contribution < 1.29 is 0 Å². The smallest absolute Gasteiger partial charge is 0.0412 e. The third-order valence-electron chi connectivity index (χ3n) is 4.32.